The molecule has 0 aliphatic heterocycles. The van der Waals surface area contributed by atoms with Crippen molar-refractivity contribution in [2.75, 3.05) is 0 Å². The lowest BCUT2D eigenvalue weighted by Crippen LogP contribution is -2.26. The van der Waals surface area contributed by atoms with Crippen molar-refractivity contribution in [3.05, 3.63) is 12.0 Å². The van der Waals surface area contributed by atoms with Gasteiger partial charge in [-0.1, -0.05) is 20.4 Å². The van der Waals surface area contributed by atoms with Gasteiger partial charge in [0.25, 0.3) is 0 Å². The van der Waals surface area contributed by atoms with Gasteiger partial charge in [0.1, 0.15) is 5.60 Å². The molecule has 0 aromatic rings. The van der Waals surface area contributed by atoms with Crippen molar-refractivity contribution in [2.45, 2.75) is 39.2 Å². The van der Waals surface area contributed by atoms with Crippen LogP contribution in [0.15, 0.2) is 12.0 Å². The molecule has 0 fully saturated rings. The Hall–Kier alpha value is -0.243. The lowest BCUT2D eigenvalue weighted by molar-refractivity contribution is 0.0249. The molecule has 0 aliphatic carbocycles. The van der Waals surface area contributed by atoms with Crippen LogP contribution in [0, 0.1) is 0 Å². The molecule has 0 unspecified atom stereocenters. The maximum absolute atomic E-state index is 5.60. The van der Waals surface area contributed by atoms with E-state index in [2.05, 4.69) is 27.4 Å². The quantitative estimate of drug-likeness (QED) is 0.444. The van der Waals surface area contributed by atoms with Crippen molar-refractivity contribution in [3.63, 3.8) is 0 Å². The van der Waals surface area contributed by atoms with Crippen molar-refractivity contribution < 1.29 is 4.74 Å². The number of rotatable bonds is 4. The molecule has 0 bridgehead atoms. The zero-order chi connectivity index (χ0) is 8.20. The molecule has 0 saturated carbocycles. The molecule has 2 heteroatoms. The standard InChI is InChI=1S/C8H18OSi/c1-5-8(4,6-2)9-7(3)10/h3,5-6H2,1-2,4,10H3. The van der Waals surface area contributed by atoms with Gasteiger partial charge in [-0.05, 0) is 19.8 Å². The molecule has 0 aromatic carbocycles. The van der Waals surface area contributed by atoms with Crippen molar-refractivity contribution >= 4 is 10.2 Å². The molecule has 1 nitrogen and oxygen atoms in total. The third kappa shape index (κ3) is 3.06. The van der Waals surface area contributed by atoms with E-state index in [1.807, 2.05) is 0 Å². The lowest BCUT2D eigenvalue weighted by Gasteiger charge is -2.28. The SMILES string of the molecule is C=C([SiH3])OC(C)(CC)CC. The Morgan fingerprint density at radius 1 is 1.50 bits per heavy atom. The Bertz CT molecular complexity index is 116. The summed E-state index contributed by atoms with van der Waals surface area (Å²) in [6.07, 6.45) is 2.12. The minimum absolute atomic E-state index is 0.0405. The molecule has 0 rings (SSSR count). The molecule has 0 saturated heterocycles. The van der Waals surface area contributed by atoms with E-state index in [4.69, 9.17) is 4.74 Å². The number of ether oxygens (including phenoxy) is 1. The van der Waals surface area contributed by atoms with E-state index in [-0.39, 0.29) is 5.60 Å². The van der Waals surface area contributed by atoms with Crippen LogP contribution >= 0.6 is 0 Å². The van der Waals surface area contributed by atoms with Crippen molar-refractivity contribution in [1.82, 2.24) is 0 Å². The summed E-state index contributed by atoms with van der Waals surface area (Å²) in [6.45, 7) is 10.2. The van der Waals surface area contributed by atoms with Crippen LogP contribution in [0.4, 0.5) is 0 Å². The lowest BCUT2D eigenvalue weighted by atomic mass is 10.0. The van der Waals surface area contributed by atoms with Gasteiger partial charge >= 0.3 is 0 Å². The summed E-state index contributed by atoms with van der Waals surface area (Å²) in [5.41, 5.74) is 0.0405. The van der Waals surface area contributed by atoms with Gasteiger partial charge in [0.2, 0.25) is 0 Å². The minimum atomic E-state index is 0.0405. The average Bonchev–Trinajstić information content (AvgIpc) is 1.87. The minimum Gasteiger partial charge on any atom is -0.499 e. The van der Waals surface area contributed by atoms with Gasteiger partial charge in [0.05, 0.1) is 15.6 Å². The van der Waals surface area contributed by atoms with E-state index < -0.39 is 0 Å². The van der Waals surface area contributed by atoms with Gasteiger partial charge in [-0.15, -0.1) is 0 Å². The van der Waals surface area contributed by atoms with Crippen LogP contribution < -0.4 is 0 Å². The molecule has 0 heterocycles. The first-order valence-electron chi connectivity index (χ1n) is 3.88. The predicted molar refractivity (Wildman–Crippen MR) is 49.2 cm³/mol. The van der Waals surface area contributed by atoms with Gasteiger partial charge in [-0.25, -0.2) is 0 Å². The molecule has 0 amide bonds. The molecule has 0 atom stereocenters. The number of hydrogen-bond acceptors (Lipinski definition) is 1. The largest absolute Gasteiger partial charge is 0.499 e. The van der Waals surface area contributed by atoms with Gasteiger partial charge < -0.3 is 4.74 Å². The Morgan fingerprint density at radius 2 is 1.90 bits per heavy atom. The summed E-state index contributed by atoms with van der Waals surface area (Å²) in [7, 11) is 0.942. The Balaban J connectivity index is 3.92. The van der Waals surface area contributed by atoms with Crippen molar-refractivity contribution in [2.24, 2.45) is 0 Å². The first-order valence-corrected chi connectivity index (χ1v) is 4.88. The third-order valence-corrected chi connectivity index (χ3v) is 2.12. The first-order chi connectivity index (χ1) is 4.54. The van der Waals surface area contributed by atoms with Crippen LogP contribution in [0.1, 0.15) is 33.6 Å². The number of hydrogen-bond donors (Lipinski definition) is 0. The van der Waals surface area contributed by atoms with Crippen LogP contribution in [0.25, 0.3) is 0 Å². The fourth-order valence-electron chi connectivity index (χ4n) is 0.815. The molecule has 0 N–H and O–H groups in total. The molecule has 60 valence electrons. The average molecular weight is 158 g/mol. The monoisotopic (exact) mass is 158 g/mol. The Morgan fingerprint density at radius 3 is 2.00 bits per heavy atom. The topological polar surface area (TPSA) is 9.23 Å². The fourth-order valence-corrected chi connectivity index (χ4v) is 1.31. The van der Waals surface area contributed by atoms with Crippen LogP contribution in [0.2, 0.25) is 0 Å². The van der Waals surface area contributed by atoms with E-state index in [1.165, 1.54) is 0 Å². The van der Waals surface area contributed by atoms with Gasteiger partial charge in [-0.2, -0.15) is 0 Å². The van der Waals surface area contributed by atoms with Crippen molar-refractivity contribution in [3.8, 4) is 0 Å². The zero-order valence-corrected chi connectivity index (χ0v) is 9.53. The molecule has 0 spiro atoms. The normalized spacial score (nSPS) is 11.5. The summed E-state index contributed by atoms with van der Waals surface area (Å²) in [6, 6.07) is 0. The van der Waals surface area contributed by atoms with Gasteiger partial charge in [0.15, 0.2) is 0 Å². The van der Waals surface area contributed by atoms with E-state index in [0.717, 1.165) is 28.5 Å². The Kier molecular flexibility index (Phi) is 3.72. The highest BCUT2D eigenvalue weighted by Gasteiger charge is 2.20. The van der Waals surface area contributed by atoms with E-state index in [9.17, 15) is 0 Å². The highest BCUT2D eigenvalue weighted by molar-refractivity contribution is 6.19. The summed E-state index contributed by atoms with van der Waals surface area (Å²) in [5.74, 6) is 0. The van der Waals surface area contributed by atoms with Crippen LogP contribution in [-0.2, 0) is 4.74 Å². The second-order valence-corrected chi connectivity index (χ2v) is 4.08. The fraction of sp³-hybridized carbons (Fsp3) is 0.750. The highest BCUT2D eigenvalue weighted by Crippen LogP contribution is 2.20. The first kappa shape index (κ1) is 9.76. The summed E-state index contributed by atoms with van der Waals surface area (Å²) in [4.78, 5) is 0. The Labute approximate surface area is 66.9 Å². The van der Waals surface area contributed by atoms with Crippen LogP contribution in [-0.4, -0.2) is 15.8 Å². The molecule has 10 heavy (non-hydrogen) atoms. The van der Waals surface area contributed by atoms with Crippen molar-refractivity contribution in [1.29, 1.82) is 0 Å². The molecular formula is C8H18OSi. The summed E-state index contributed by atoms with van der Waals surface area (Å²) < 4.78 is 5.60. The smallest absolute Gasteiger partial charge is 0.105 e. The maximum Gasteiger partial charge on any atom is 0.105 e. The highest BCUT2D eigenvalue weighted by atomic mass is 28.1. The summed E-state index contributed by atoms with van der Waals surface area (Å²) >= 11 is 0. The van der Waals surface area contributed by atoms with E-state index in [0.29, 0.717) is 0 Å². The molecule has 0 aromatic heterocycles. The van der Waals surface area contributed by atoms with Crippen LogP contribution in [0.3, 0.4) is 0 Å². The molecule has 0 radical (unpaired) electrons. The third-order valence-electron chi connectivity index (χ3n) is 1.92. The zero-order valence-electron chi connectivity index (χ0n) is 7.53. The second-order valence-electron chi connectivity index (χ2n) is 2.96. The second kappa shape index (κ2) is 3.81. The predicted octanol–water partition coefficient (Wildman–Crippen LogP) is 1.42. The molecule has 0 aliphatic rings. The molecular weight excluding hydrogens is 140 g/mol. The van der Waals surface area contributed by atoms with E-state index >= 15 is 0 Å². The van der Waals surface area contributed by atoms with Gasteiger partial charge in [-0.3, -0.25) is 0 Å². The summed E-state index contributed by atoms with van der Waals surface area (Å²) in [5, 5.41) is 0.950. The van der Waals surface area contributed by atoms with Crippen LogP contribution in [0.5, 0.6) is 0 Å². The van der Waals surface area contributed by atoms with Gasteiger partial charge in [0, 0.05) is 0 Å². The van der Waals surface area contributed by atoms with E-state index in [1.54, 1.807) is 0 Å². The maximum atomic E-state index is 5.60.